The Morgan fingerprint density at radius 1 is 1.29 bits per heavy atom. The van der Waals surface area contributed by atoms with Crippen LogP contribution in [0.5, 0.6) is 0 Å². The van der Waals surface area contributed by atoms with Gasteiger partial charge in [-0.2, -0.15) is 5.10 Å². The molecule has 5 heteroatoms. The monoisotopic (exact) mass is 370 g/mol. The minimum absolute atomic E-state index is 0.541. The Labute approximate surface area is 139 Å². The van der Waals surface area contributed by atoms with Crippen molar-refractivity contribution < 1.29 is 5.11 Å². The summed E-state index contributed by atoms with van der Waals surface area (Å²) in [6.07, 6.45) is 1.98. The van der Waals surface area contributed by atoms with Crippen molar-refractivity contribution in [1.29, 1.82) is 0 Å². The quantitative estimate of drug-likeness (QED) is 0.864. The standard InChI is InChI=1S/C16H20BrClN2O/c1-4-13-15(17)14(20(3)19-13)10-16(2,21)9-11-5-7-12(18)8-6-11/h5-8,21H,4,9-10H2,1-3H3. The average molecular weight is 372 g/mol. The van der Waals surface area contributed by atoms with Crippen molar-refractivity contribution in [2.75, 3.05) is 0 Å². The Morgan fingerprint density at radius 2 is 1.90 bits per heavy atom. The van der Waals surface area contributed by atoms with Crippen LogP contribution in [-0.2, 0) is 26.3 Å². The second-order valence-corrected chi connectivity index (χ2v) is 6.89. The van der Waals surface area contributed by atoms with E-state index >= 15 is 0 Å². The SMILES string of the molecule is CCc1nn(C)c(CC(C)(O)Cc2ccc(Cl)cc2)c1Br. The van der Waals surface area contributed by atoms with Crippen LogP contribution in [0.15, 0.2) is 28.7 Å². The Balaban J connectivity index is 2.17. The normalized spacial score (nSPS) is 14.2. The maximum Gasteiger partial charge on any atom is 0.0766 e. The average Bonchev–Trinajstić information content (AvgIpc) is 2.68. The summed E-state index contributed by atoms with van der Waals surface area (Å²) in [6.45, 7) is 3.93. The Kier molecular flexibility index (Phi) is 5.12. The summed E-state index contributed by atoms with van der Waals surface area (Å²) >= 11 is 9.49. The Hall–Kier alpha value is -0.840. The summed E-state index contributed by atoms with van der Waals surface area (Å²) in [5, 5.41) is 15.9. The van der Waals surface area contributed by atoms with Crippen LogP contribution in [0.1, 0.15) is 30.8 Å². The fourth-order valence-electron chi connectivity index (χ4n) is 2.48. The molecule has 1 aromatic carbocycles. The van der Waals surface area contributed by atoms with Crippen molar-refractivity contribution in [1.82, 2.24) is 9.78 Å². The van der Waals surface area contributed by atoms with Crippen molar-refractivity contribution >= 4 is 27.5 Å². The van der Waals surface area contributed by atoms with E-state index in [1.54, 1.807) is 0 Å². The fourth-order valence-corrected chi connectivity index (χ4v) is 3.36. The lowest BCUT2D eigenvalue weighted by Crippen LogP contribution is -2.31. The minimum atomic E-state index is -0.838. The first kappa shape index (κ1) is 16.5. The molecule has 1 unspecified atom stereocenters. The van der Waals surface area contributed by atoms with Crippen molar-refractivity contribution in [3.63, 3.8) is 0 Å². The Bertz CT molecular complexity index is 620. The van der Waals surface area contributed by atoms with Crippen LogP contribution in [0.25, 0.3) is 0 Å². The summed E-state index contributed by atoms with van der Waals surface area (Å²) in [5.41, 5.74) is 2.27. The molecule has 2 rings (SSSR count). The number of aryl methyl sites for hydroxylation is 2. The van der Waals surface area contributed by atoms with E-state index < -0.39 is 5.60 Å². The molecule has 0 aliphatic carbocycles. The van der Waals surface area contributed by atoms with Crippen molar-refractivity contribution in [3.05, 3.63) is 50.7 Å². The maximum atomic E-state index is 10.7. The molecule has 0 saturated heterocycles. The summed E-state index contributed by atoms with van der Waals surface area (Å²) in [4.78, 5) is 0. The fraction of sp³-hybridized carbons (Fsp3) is 0.438. The van der Waals surface area contributed by atoms with E-state index in [4.69, 9.17) is 11.6 Å². The van der Waals surface area contributed by atoms with Gasteiger partial charge in [-0.15, -0.1) is 0 Å². The molecule has 0 aliphatic heterocycles. The first-order chi connectivity index (χ1) is 9.82. The van der Waals surface area contributed by atoms with Crippen LogP contribution in [0.2, 0.25) is 5.02 Å². The number of hydrogen-bond acceptors (Lipinski definition) is 2. The molecule has 1 atom stereocenters. The molecule has 0 fully saturated rings. The smallest absolute Gasteiger partial charge is 0.0766 e. The molecule has 1 N–H and O–H groups in total. The lowest BCUT2D eigenvalue weighted by atomic mass is 9.91. The Morgan fingerprint density at radius 3 is 2.43 bits per heavy atom. The highest BCUT2D eigenvalue weighted by atomic mass is 79.9. The van der Waals surface area contributed by atoms with E-state index in [1.165, 1.54) is 0 Å². The van der Waals surface area contributed by atoms with Gasteiger partial charge in [0.25, 0.3) is 0 Å². The van der Waals surface area contributed by atoms with Gasteiger partial charge in [-0.05, 0) is 47.0 Å². The van der Waals surface area contributed by atoms with Gasteiger partial charge in [0.15, 0.2) is 0 Å². The number of benzene rings is 1. The van der Waals surface area contributed by atoms with Gasteiger partial charge in [-0.25, -0.2) is 0 Å². The molecular weight excluding hydrogens is 352 g/mol. The first-order valence-electron chi connectivity index (χ1n) is 6.99. The highest BCUT2D eigenvalue weighted by Gasteiger charge is 2.26. The number of rotatable bonds is 5. The van der Waals surface area contributed by atoms with Crippen molar-refractivity contribution in [2.45, 2.75) is 38.7 Å². The molecule has 0 bridgehead atoms. The maximum absolute atomic E-state index is 10.7. The highest BCUT2D eigenvalue weighted by Crippen LogP contribution is 2.27. The molecule has 0 radical (unpaired) electrons. The lowest BCUT2D eigenvalue weighted by Gasteiger charge is -2.23. The summed E-state index contributed by atoms with van der Waals surface area (Å²) in [7, 11) is 1.91. The van der Waals surface area contributed by atoms with Gasteiger partial charge in [0.2, 0.25) is 0 Å². The number of aromatic nitrogens is 2. The third-order valence-corrected chi connectivity index (χ3v) is 4.72. The second kappa shape index (κ2) is 6.51. The van der Waals surface area contributed by atoms with Gasteiger partial charge < -0.3 is 5.11 Å². The molecule has 0 amide bonds. The van der Waals surface area contributed by atoms with E-state index in [2.05, 4.69) is 28.0 Å². The van der Waals surface area contributed by atoms with Crippen molar-refractivity contribution in [3.8, 4) is 0 Å². The van der Waals surface area contributed by atoms with E-state index in [0.717, 1.165) is 27.8 Å². The second-order valence-electron chi connectivity index (χ2n) is 5.66. The van der Waals surface area contributed by atoms with Gasteiger partial charge in [-0.1, -0.05) is 30.7 Å². The molecule has 21 heavy (non-hydrogen) atoms. The number of aliphatic hydroxyl groups is 1. The van der Waals surface area contributed by atoms with Crippen LogP contribution in [0.4, 0.5) is 0 Å². The molecule has 1 aromatic heterocycles. The molecule has 114 valence electrons. The van der Waals surface area contributed by atoms with Gasteiger partial charge in [0.05, 0.1) is 21.5 Å². The zero-order valence-corrected chi connectivity index (χ0v) is 14.9. The van der Waals surface area contributed by atoms with Crippen LogP contribution >= 0.6 is 27.5 Å². The molecule has 2 aromatic rings. The lowest BCUT2D eigenvalue weighted by molar-refractivity contribution is 0.0587. The zero-order chi connectivity index (χ0) is 15.6. The van der Waals surface area contributed by atoms with E-state index in [0.29, 0.717) is 17.9 Å². The van der Waals surface area contributed by atoms with Crippen molar-refractivity contribution in [2.24, 2.45) is 7.05 Å². The predicted molar refractivity (Wildman–Crippen MR) is 89.8 cm³/mol. The summed E-state index contributed by atoms with van der Waals surface area (Å²) in [5.74, 6) is 0. The van der Waals surface area contributed by atoms with Crippen LogP contribution in [0, 0.1) is 0 Å². The van der Waals surface area contributed by atoms with Gasteiger partial charge in [0.1, 0.15) is 0 Å². The predicted octanol–water partition coefficient (Wildman–Crippen LogP) is 3.93. The van der Waals surface area contributed by atoms with E-state index in [1.807, 2.05) is 42.9 Å². The zero-order valence-electron chi connectivity index (χ0n) is 12.5. The van der Waals surface area contributed by atoms with Gasteiger partial charge in [-0.3, -0.25) is 4.68 Å². The molecule has 0 spiro atoms. The summed E-state index contributed by atoms with van der Waals surface area (Å²) in [6, 6.07) is 7.60. The topological polar surface area (TPSA) is 38.0 Å². The van der Waals surface area contributed by atoms with Crippen LogP contribution in [0.3, 0.4) is 0 Å². The minimum Gasteiger partial charge on any atom is -0.389 e. The number of halogens is 2. The molecular formula is C16H20BrClN2O. The van der Waals surface area contributed by atoms with Crippen LogP contribution in [-0.4, -0.2) is 20.5 Å². The highest BCUT2D eigenvalue weighted by molar-refractivity contribution is 9.10. The number of hydrogen-bond donors (Lipinski definition) is 1. The van der Waals surface area contributed by atoms with E-state index in [9.17, 15) is 5.11 Å². The largest absolute Gasteiger partial charge is 0.389 e. The van der Waals surface area contributed by atoms with Gasteiger partial charge in [0, 0.05) is 24.9 Å². The summed E-state index contributed by atoms with van der Waals surface area (Å²) < 4.78 is 2.85. The number of nitrogens with zero attached hydrogens (tertiary/aromatic N) is 2. The third kappa shape index (κ3) is 4.09. The first-order valence-corrected chi connectivity index (χ1v) is 8.16. The molecule has 0 saturated carbocycles. The van der Waals surface area contributed by atoms with E-state index in [-0.39, 0.29) is 0 Å². The molecule has 3 nitrogen and oxygen atoms in total. The van der Waals surface area contributed by atoms with Gasteiger partial charge >= 0.3 is 0 Å². The third-order valence-electron chi connectivity index (χ3n) is 3.55. The molecule has 1 heterocycles. The van der Waals surface area contributed by atoms with Crippen LogP contribution < -0.4 is 0 Å². The molecule has 0 aliphatic rings.